The molecule has 0 fully saturated rings. The number of benzene rings is 2. The summed E-state index contributed by atoms with van der Waals surface area (Å²) in [6.45, 7) is 4.19. The van der Waals surface area contributed by atoms with Crippen molar-refractivity contribution in [1.82, 2.24) is 9.78 Å². The molecule has 0 aliphatic carbocycles. The van der Waals surface area contributed by atoms with E-state index in [1.807, 2.05) is 47.4 Å². The van der Waals surface area contributed by atoms with Crippen molar-refractivity contribution in [2.24, 2.45) is 0 Å². The van der Waals surface area contributed by atoms with E-state index in [1.165, 1.54) is 11.1 Å². The van der Waals surface area contributed by atoms with Crippen LogP contribution in [0.5, 0.6) is 0 Å². The average molecular weight is 297 g/mol. The third-order valence-corrected chi connectivity index (χ3v) is 4.10. The second-order valence-electron chi connectivity index (χ2n) is 5.28. The molecular formula is C18H17ClN2. The fourth-order valence-corrected chi connectivity index (χ4v) is 2.84. The summed E-state index contributed by atoms with van der Waals surface area (Å²) in [6.07, 6.45) is 3.83. The van der Waals surface area contributed by atoms with Gasteiger partial charge in [0.05, 0.1) is 17.3 Å². The molecule has 3 aromatic rings. The lowest BCUT2D eigenvalue weighted by molar-refractivity contribution is 0.880. The summed E-state index contributed by atoms with van der Waals surface area (Å²) < 4.78 is 1.86. The molecule has 3 heteroatoms. The highest BCUT2D eigenvalue weighted by Gasteiger charge is 2.15. The predicted octanol–water partition coefficient (Wildman–Crippen LogP) is 4.82. The van der Waals surface area contributed by atoms with Gasteiger partial charge in [0.1, 0.15) is 0 Å². The summed E-state index contributed by atoms with van der Waals surface area (Å²) >= 11 is 6.64. The number of rotatable bonds is 3. The maximum Gasteiger partial charge on any atom is 0.0868 e. The van der Waals surface area contributed by atoms with E-state index < -0.39 is 0 Å². The lowest BCUT2D eigenvalue weighted by atomic mass is 10.0. The van der Waals surface area contributed by atoms with Gasteiger partial charge in [-0.2, -0.15) is 5.10 Å². The van der Waals surface area contributed by atoms with Crippen molar-refractivity contribution < 1.29 is 0 Å². The van der Waals surface area contributed by atoms with Crippen molar-refractivity contribution >= 4 is 11.6 Å². The van der Waals surface area contributed by atoms with Crippen molar-refractivity contribution in [2.45, 2.75) is 19.2 Å². The first kappa shape index (κ1) is 13.9. The second kappa shape index (κ2) is 5.74. The summed E-state index contributed by atoms with van der Waals surface area (Å²) in [5, 5.41) is 4.23. The first-order valence-electron chi connectivity index (χ1n) is 6.96. The van der Waals surface area contributed by atoms with Gasteiger partial charge in [-0.05, 0) is 37.1 Å². The molecule has 0 spiro atoms. The molecule has 0 radical (unpaired) electrons. The Morgan fingerprint density at radius 1 is 1.05 bits per heavy atom. The average Bonchev–Trinajstić information content (AvgIpc) is 2.97. The molecule has 0 aliphatic rings. The Morgan fingerprint density at radius 2 is 1.81 bits per heavy atom. The van der Waals surface area contributed by atoms with Crippen molar-refractivity contribution in [3.63, 3.8) is 0 Å². The van der Waals surface area contributed by atoms with Gasteiger partial charge in [-0.25, -0.2) is 4.68 Å². The van der Waals surface area contributed by atoms with E-state index in [-0.39, 0.29) is 5.38 Å². The first-order valence-corrected chi connectivity index (χ1v) is 7.40. The molecule has 2 aromatic carbocycles. The molecule has 0 saturated carbocycles. The van der Waals surface area contributed by atoms with Crippen LogP contribution in [0, 0.1) is 13.8 Å². The Labute approximate surface area is 130 Å². The molecule has 1 unspecified atom stereocenters. The number of nitrogens with zero attached hydrogens (tertiary/aromatic N) is 2. The van der Waals surface area contributed by atoms with Gasteiger partial charge in [0.15, 0.2) is 0 Å². The minimum atomic E-state index is -0.178. The molecule has 0 saturated heterocycles. The van der Waals surface area contributed by atoms with Crippen LogP contribution in [-0.4, -0.2) is 9.78 Å². The predicted molar refractivity (Wildman–Crippen MR) is 87.2 cm³/mol. The zero-order valence-corrected chi connectivity index (χ0v) is 12.9. The summed E-state index contributed by atoms with van der Waals surface area (Å²) in [4.78, 5) is 0. The van der Waals surface area contributed by atoms with E-state index in [4.69, 9.17) is 11.6 Å². The molecule has 1 heterocycles. The summed E-state index contributed by atoms with van der Waals surface area (Å²) in [7, 11) is 0. The topological polar surface area (TPSA) is 17.8 Å². The maximum absolute atomic E-state index is 6.64. The number of alkyl halides is 1. The summed E-state index contributed by atoms with van der Waals surface area (Å²) in [6, 6.07) is 16.4. The fraction of sp³-hybridized carbons (Fsp3) is 0.167. The number of aromatic nitrogens is 2. The Bertz CT molecular complexity index is 747. The summed E-state index contributed by atoms with van der Waals surface area (Å²) in [5.74, 6) is 0. The fourth-order valence-electron chi connectivity index (χ4n) is 2.48. The van der Waals surface area contributed by atoms with Crippen LogP contribution < -0.4 is 0 Å². The van der Waals surface area contributed by atoms with Gasteiger partial charge in [-0.15, -0.1) is 11.6 Å². The quantitative estimate of drug-likeness (QED) is 0.634. The van der Waals surface area contributed by atoms with Crippen LogP contribution >= 0.6 is 11.6 Å². The van der Waals surface area contributed by atoms with E-state index >= 15 is 0 Å². The van der Waals surface area contributed by atoms with Crippen molar-refractivity contribution in [2.75, 3.05) is 0 Å². The van der Waals surface area contributed by atoms with Gasteiger partial charge in [0.25, 0.3) is 0 Å². The highest BCUT2D eigenvalue weighted by atomic mass is 35.5. The number of hydrogen-bond acceptors (Lipinski definition) is 1. The van der Waals surface area contributed by atoms with E-state index in [2.05, 4.69) is 37.1 Å². The SMILES string of the molecule is Cc1ccc(C(Cl)c2cnn(-c3ccccc3)c2)c(C)c1. The third-order valence-electron chi connectivity index (χ3n) is 3.61. The molecular weight excluding hydrogens is 280 g/mol. The smallest absolute Gasteiger partial charge is 0.0868 e. The van der Waals surface area contributed by atoms with Crippen LogP contribution in [0.1, 0.15) is 27.6 Å². The minimum Gasteiger partial charge on any atom is -0.241 e. The van der Waals surface area contributed by atoms with E-state index in [9.17, 15) is 0 Å². The molecule has 2 nitrogen and oxygen atoms in total. The highest BCUT2D eigenvalue weighted by Crippen LogP contribution is 2.31. The molecule has 1 atom stereocenters. The van der Waals surface area contributed by atoms with Crippen molar-refractivity contribution in [1.29, 1.82) is 0 Å². The van der Waals surface area contributed by atoms with E-state index in [0.717, 1.165) is 16.8 Å². The van der Waals surface area contributed by atoms with Crippen LogP contribution in [0.2, 0.25) is 0 Å². The Kier molecular flexibility index (Phi) is 3.80. The first-order chi connectivity index (χ1) is 10.1. The molecule has 21 heavy (non-hydrogen) atoms. The standard InChI is InChI=1S/C18H17ClN2/c1-13-8-9-17(14(2)10-13)18(19)15-11-20-21(12-15)16-6-4-3-5-7-16/h3-12,18H,1-2H3. The molecule has 3 rings (SSSR count). The minimum absolute atomic E-state index is 0.178. The summed E-state index contributed by atoms with van der Waals surface area (Å²) in [5.41, 5.74) is 5.64. The monoisotopic (exact) mass is 296 g/mol. The largest absolute Gasteiger partial charge is 0.241 e. The van der Waals surface area contributed by atoms with Crippen LogP contribution in [0.4, 0.5) is 0 Å². The maximum atomic E-state index is 6.64. The lowest BCUT2D eigenvalue weighted by Crippen LogP contribution is -1.96. The van der Waals surface area contributed by atoms with Crippen LogP contribution in [-0.2, 0) is 0 Å². The molecule has 0 aliphatic heterocycles. The van der Waals surface area contributed by atoms with Crippen molar-refractivity contribution in [3.05, 3.63) is 83.2 Å². The van der Waals surface area contributed by atoms with Crippen LogP contribution in [0.15, 0.2) is 60.9 Å². The van der Waals surface area contributed by atoms with E-state index in [1.54, 1.807) is 0 Å². The van der Waals surface area contributed by atoms with E-state index in [0.29, 0.717) is 0 Å². The molecule has 0 amide bonds. The van der Waals surface area contributed by atoms with Gasteiger partial charge >= 0.3 is 0 Å². The van der Waals surface area contributed by atoms with Gasteiger partial charge in [-0.3, -0.25) is 0 Å². The zero-order valence-electron chi connectivity index (χ0n) is 12.1. The second-order valence-corrected chi connectivity index (χ2v) is 5.71. The third kappa shape index (κ3) is 2.86. The van der Waals surface area contributed by atoms with Crippen LogP contribution in [0.3, 0.4) is 0 Å². The molecule has 1 aromatic heterocycles. The van der Waals surface area contributed by atoms with Crippen molar-refractivity contribution in [3.8, 4) is 5.69 Å². The highest BCUT2D eigenvalue weighted by molar-refractivity contribution is 6.22. The van der Waals surface area contributed by atoms with Gasteiger partial charge in [-0.1, -0.05) is 42.0 Å². The molecule has 106 valence electrons. The Morgan fingerprint density at radius 3 is 2.52 bits per heavy atom. The lowest BCUT2D eigenvalue weighted by Gasteiger charge is -2.11. The van der Waals surface area contributed by atoms with Gasteiger partial charge in [0.2, 0.25) is 0 Å². The number of hydrogen-bond donors (Lipinski definition) is 0. The van der Waals surface area contributed by atoms with Gasteiger partial charge < -0.3 is 0 Å². The number of aryl methyl sites for hydroxylation is 2. The molecule has 0 N–H and O–H groups in total. The Hall–Kier alpha value is -2.06. The zero-order chi connectivity index (χ0) is 14.8. The molecule has 0 bridgehead atoms. The normalized spacial score (nSPS) is 12.3. The number of para-hydroxylation sites is 1. The number of halogens is 1. The Balaban J connectivity index is 1.92. The van der Waals surface area contributed by atoms with Crippen LogP contribution in [0.25, 0.3) is 5.69 Å². The van der Waals surface area contributed by atoms with Gasteiger partial charge in [0, 0.05) is 11.8 Å².